The average Bonchev–Trinajstić information content (AvgIpc) is 2.53. The van der Waals surface area contributed by atoms with Crippen molar-refractivity contribution in [2.75, 3.05) is 26.3 Å². The Bertz CT molecular complexity index is 216. The number of hydrogen-bond acceptors (Lipinski definition) is 4. The number of carbonyl (C=O) groups is 1. The van der Waals surface area contributed by atoms with Crippen molar-refractivity contribution < 1.29 is 14.3 Å². The molecule has 5 heteroatoms. The second-order valence-corrected chi connectivity index (χ2v) is 3.70. The van der Waals surface area contributed by atoms with Crippen molar-refractivity contribution >= 4 is 5.91 Å². The fraction of sp³-hybridized carbons (Fsp3) is 0.889. The Kier molecular flexibility index (Phi) is 3.00. The Morgan fingerprint density at radius 1 is 1.43 bits per heavy atom. The van der Waals surface area contributed by atoms with Crippen molar-refractivity contribution in [3.05, 3.63) is 0 Å². The van der Waals surface area contributed by atoms with Gasteiger partial charge in [0.05, 0.1) is 19.3 Å². The van der Waals surface area contributed by atoms with Crippen LogP contribution in [0.25, 0.3) is 0 Å². The molecule has 0 aromatic heterocycles. The zero-order valence-electron chi connectivity index (χ0n) is 8.15. The quantitative estimate of drug-likeness (QED) is 0.652. The van der Waals surface area contributed by atoms with E-state index < -0.39 is 0 Å². The lowest BCUT2D eigenvalue weighted by atomic mass is 10.0. The topological polar surface area (TPSA) is 64.8 Å². The number of likely N-dealkylation sites (tertiary alicyclic amines) is 1. The summed E-state index contributed by atoms with van der Waals surface area (Å²) in [6.07, 6.45) is 1.63. The molecule has 0 spiro atoms. The molecule has 2 saturated heterocycles. The summed E-state index contributed by atoms with van der Waals surface area (Å²) >= 11 is 0. The molecule has 2 aliphatic rings. The minimum Gasteiger partial charge on any atom is -0.368 e. The van der Waals surface area contributed by atoms with Gasteiger partial charge in [0.2, 0.25) is 5.91 Å². The molecule has 0 aliphatic carbocycles. The number of primary amides is 1. The number of rotatable bonds is 4. The number of amides is 1. The van der Waals surface area contributed by atoms with E-state index in [1.54, 1.807) is 0 Å². The summed E-state index contributed by atoms with van der Waals surface area (Å²) < 4.78 is 10.6. The SMILES string of the molecule is NC(=O)C1CCN1CCC1OCCO1. The van der Waals surface area contributed by atoms with E-state index in [-0.39, 0.29) is 18.2 Å². The van der Waals surface area contributed by atoms with E-state index in [0.29, 0.717) is 13.2 Å². The van der Waals surface area contributed by atoms with E-state index in [2.05, 4.69) is 4.90 Å². The molecule has 2 aliphatic heterocycles. The zero-order valence-corrected chi connectivity index (χ0v) is 8.15. The van der Waals surface area contributed by atoms with Gasteiger partial charge in [-0.15, -0.1) is 0 Å². The van der Waals surface area contributed by atoms with Crippen LogP contribution >= 0.6 is 0 Å². The molecule has 1 amide bonds. The summed E-state index contributed by atoms with van der Waals surface area (Å²) in [5, 5.41) is 0. The smallest absolute Gasteiger partial charge is 0.234 e. The maximum Gasteiger partial charge on any atom is 0.234 e. The number of ether oxygens (including phenoxy) is 2. The Hall–Kier alpha value is -0.650. The van der Waals surface area contributed by atoms with Crippen molar-refractivity contribution in [1.29, 1.82) is 0 Å². The van der Waals surface area contributed by atoms with Crippen molar-refractivity contribution in [3.8, 4) is 0 Å². The van der Waals surface area contributed by atoms with Gasteiger partial charge in [-0.3, -0.25) is 9.69 Å². The molecule has 0 aromatic rings. The van der Waals surface area contributed by atoms with Crippen LogP contribution in [-0.2, 0) is 14.3 Å². The first-order valence-corrected chi connectivity index (χ1v) is 5.04. The summed E-state index contributed by atoms with van der Waals surface area (Å²) in [5.74, 6) is -0.218. The number of carbonyl (C=O) groups excluding carboxylic acids is 1. The summed E-state index contributed by atoms with van der Waals surface area (Å²) in [6.45, 7) is 3.16. The van der Waals surface area contributed by atoms with Crippen molar-refractivity contribution in [1.82, 2.24) is 4.90 Å². The van der Waals surface area contributed by atoms with Crippen LogP contribution in [0.5, 0.6) is 0 Å². The molecule has 80 valence electrons. The van der Waals surface area contributed by atoms with E-state index in [9.17, 15) is 4.79 Å². The van der Waals surface area contributed by atoms with Gasteiger partial charge in [-0.25, -0.2) is 0 Å². The summed E-state index contributed by atoms with van der Waals surface area (Å²) in [5.41, 5.74) is 5.23. The van der Waals surface area contributed by atoms with E-state index in [0.717, 1.165) is 25.9 Å². The third kappa shape index (κ3) is 2.05. The van der Waals surface area contributed by atoms with Crippen molar-refractivity contribution in [2.45, 2.75) is 25.2 Å². The van der Waals surface area contributed by atoms with E-state index >= 15 is 0 Å². The highest BCUT2D eigenvalue weighted by Gasteiger charge is 2.32. The molecule has 0 radical (unpaired) electrons. The Morgan fingerprint density at radius 3 is 2.64 bits per heavy atom. The molecule has 5 nitrogen and oxygen atoms in total. The van der Waals surface area contributed by atoms with Gasteiger partial charge in [-0.1, -0.05) is 0 Å². The minimum atomic E-state index is -0.218. The summed E-state index contributed by atoms with van der Waals surface area (Å²) in [7, 11) is 0. The van der Waals surface area contributed by atoms with Crippen LogP contribution in [0.1, 0.15) is 12.8 Å². The molecule has 1 unspecified atom stereocenters. The molecule has 2 N–H and O–H groups in total. The maximum atomic E-state index is 10.9. The van der Waals surface area contributed by atoms with Crippen LogP contribution in [0.3, 0.4) is 0 Å². The highest BCUT2D eigenvalue weighted by Crippen LogP contribution is 2.18. The summed E-state index contributed by atoms with van der Waals surface area (Å²) in [6, 6.07) is -0.0589. The molecule has 2 fully saturated rings. The zero-order chi connectivity index (χ0) is 9.97. The van der Waals surface area contributed by atoms with Gasteiger partial charge in [0.25, 0.3) is 0 Å². The summed E-state index contributed by atoms with van der Waals surface area (Å²) in [4.78, 5) is 13.0. The van der Waals surface area contributed by atoms with E-state index in [1.165, 1.54) is 0 Å². The van der Waals surface area contributed by atoms with Crippen LogP contribution < -0.4 is 5.73 Å². The Morgan fingerprint density at radius 2 is 2.14 bits per heavy atom. The third-order valence-corrected chi connectivity index (χ3v) is 2.80. The van der Waals surface area contributed by atoms with E-state index in [4.69, 9.17) is 15.2 Å². The first-order chi connectivity index (χ1) is 6.77. The fourth-order valence-electron chi connectivity index (χ4n) is 1.88. The molecule has 2 rings (SSSR count). The predicted molar refractivity (Wildman–Crippen MR) is 49.5 cm³/mol. The number of hydrogen-bond donors (Lipinski definition) is 1. The molecule has 0 saturated carbocycles. The monoisotopic (exact) mass is 200 g/mol. The van der Waals surface area contributed by atoms with Gasteiger partial charge >= 0.3 is 0 Å². The lowest BCUT2D eigenvalue weighted by Gasteiger charge is -2.38. The van der Waals surface area contributed by atoms with Gasteiger partial charge in [0, 0.05) is 19.5 Å². The molecule has 2 heterocycles. The molecular weight excluding hydrogens is 184 g/mol. The molecular formula is C9H16N2O3. The van der Waals surface area contributed by atoms with Gasteiger partial charge in [0.1, 0.15) is 0 Å². The van der Waals surface area contributed by atoms with E-state index in [1.807, 2.05) is 0 Å². The first-order valence-electron chi connectivity index (χ1n) is 5.04. The van der Waals surface area contributed by atoms with Crippen LogP contribution in [-0.4, -0.2) is 49.4 Å². The van der Waals surface area contributed by atoms with Gasteiger partial charge in [-0.05, 0) is 6.42 Å². The van der Waals surface area contributed by atoms with Crippen LogP contribution in [0, 0.1) is 0 Å². The highest BCUT2D eigenvalue weighted by atomic mass is 16.7. The normalized spacial score (nSPS) is 29.0. The lowest BCUT2D eigenvalue weighted by molar-refractivity contribution is -0.128. The van der Waals surface area contributed by atoms with Crippen molar-refractivity contribution in [3.63, 3.8) is 0 Å². The Labute approximate surface area is 83.1 Å². The standard InChI is InChI=1S/C9H16N2O3/c10-9(12)7-1-3-11(7)4-2-8-13-5-6-14-8/h7-8H,1-6H2,(H2,10,12). The molecule has 0 aromatic carbocycles. The number of nitrogens with zero attached hydrogens (tertiary/aromatic N) is 1. The predicted octanol–water partition coefficient (Wildman–Crippen LogP) is -0.691. The third-order valence-electron chi connectivity index (χ3n) is 2.80. The minimum absolute atomic E-state index is 0.0589. The highest BCUT2D eigenvalue weighted by molar-refractivity contribution is 5.80. The van der Waals surface area contributed by atoms with Crippen LogP contribution in [0.15, 0.2) is 0 Å². The van der Waals surface area contributed by atoms with Crippen LogP contribution in [0.4, 0.5) is 0 Å². The van der Waals surface area contributed by atoms with Gasteiger partial charge in [-0.2, -0.15) is 0 Å². The van der Waals surface area contributed by atoms with Crippen LogP contribution in [0.2, 0.25) is 0 Å². The number of nitrogens with two attached hydrogens (primary N) is 1. The maximum absolute atomic E-state index is 10.9. The Balaban J connectivity index is 1.67. The van der Waals surface area contributed by atoms with Gasteiger partial charge < -0.3 is 15.2 Å². The fourth-order valence-corrected chi connectivity index (χ4v) is 1.88. The second-order valence-electron chi connectivity index (χ2n) is 3.70. The average molecular weight is 200 g/mol. The molecule has 14 heavy (non-hydrogen) atoms. The second kappa shape index (κ2) is 4.25. The first kappa shape index (κ1) is 9.89. The largest absolute Gasteiger partial charge is 0.368 e. The molecule has 1 atom stereocenters. The molecule has 0 bridgehead atoms. The van der Waals surface area contributed by atoms with Crippen molar-refractivity contribution in [2.24, 2.45) is 5.73 Å². The van der Waals surface area contributed by atoms with Gasteiger partial charge in [0.15, 0.2) is 6.29 Å². The lowest BCUT2D eigenvalue weighted by Crippen LogP contribution is -2.55.